The SMILES string of the molecule is COc1cc(C(C)C)cc(CCCO)c1Br. The Bertz CT molecular complexity index is 348. The molecule has 1 aromatic rings. The average molecular weight is 287 g/mol. The van der Waals surface area contributed by atoms with Crippen molar-refractivity contribution < 1.29 is 9.84 Å². The van der Waals surface area contributed by atoms with Crippen LogP contribution in [-0.2, 0) is 6.42 Å². The van der Waals surface area contributed by atoms with Crippen molar-refractivity contribution in [2.24, 2.45) is 0 Å². The summed E-state index contributed by atoms with van der Waals surface area (Å²) in [6.45, 7) is 4.55. The van der Waals surface area contributed by atoms with Gasteiger partial charge >= 0.3 is 0 Å². The number of hydrogen-bond acceptors (Lipinski definition) is 2. The first kappa shape index (κ1) is 13.5. The van der Waals surface area contributed by atoms with E-state index in [9.17, 15) is 0 Å². The Morgan fingerprint density at radius 1 is 1.38 bits per heavy atom. The number of methoxy groups -OCH3 is 1. The van der Waals surface area contributed by atoms with E-state index in [1.807, 2.05) is 0 Å². The monoisotopic (exact) mass is 286 g/mol. The fourth-order valence-electron chi connectivity index (χ4n) is 1.61. The minimum absolute atomic E-state index is 0.223. The lowest BCUT2D eigenvalue weighted by Crippen LogP contribution is -1.98. The van der Waals surface area contributed by atoms with Gasteiger partial charge in [0, 0.05) is 6.61 Å². The molecule has 1 rings (SSSR count). The summed E-state index contributed by atoms with van der Waals surface area (Å²) in [7, 11) is 1.68. The molecule has 0 aliphatic carbocycles. The molecule has 16 heavy (non-hydrogen) atoms. The van der Waals surface area contributed by atoms with Crippen molar-refractivity contribution in [3.63, 3.8) is 0 Å². The molecule has 0 saturated carbocycles. The Morgan fingerprint density at radius 3 is 2.56 bits per heavy atom. The maximum atomic E-state index is 8.88. The first-order chi connectivity index (χ1) is 7.60. The summed E-state index contributed by atoms with van der Waals surface area (Å²) in [4.78, 5) is 0. The molecule has 0 aliphatic heterocycles. The largest absolute Gasteiger partial charge is 0.496 e. The van der Waals surface area contributed by atoms with Crippen LogP contribution >= 0.6 is 15.9 Å². The first-order valence-electron chi connectivity index (χ1n) is 5.57. The molecule has 0 radical (unpaired) electrons. The number of aliphatic hydroxyl groups is 1. The maximum absolute atomic E-state index is 8.88. The summed E-state index contributed by atoms with van der Waals surface area (Å²) >= 11 is 3.55. The highest BCUT2D eigenvalue weighted by molar-refractivity contribution is 9.10. The van der Waals surface area contributed by atoms with Gasteiger partial charge in [-0.3, -0.25) is 0 Å². The van der Waals surface area contributed by atoms with Gasteiger partial charge in [-0.1, -0.05) is 19.9 Å². The van der Waals surface area contributed by atoms with E-state index in [0.717, 1.165) is 23.1 Å². The molecule has 0 atom stereocenters. The Labute approximate surface area is 106 Å². The van der Waals surface area contributed by atoms with E-state index in [1.165, 1.54) is 11.1 Å². The third-order valence-corrected chi connectivity index (χ3v) is 3.53. The Hall–Kier alpha value is -0.540. The second kappa shape index (κ2) is 6.26. The molecular formula is C13H19BrO2. The molecule has 0 saturated heterocycles. The third-order valence-electron chi connectivity index (χ3n) is 2.63. The predicted molar refractivity (Wildman–Crippen MR) is 70.2 cm³/mol. The topological polar surface area (TPSA) is 29.5 Å². The van der Waals surface area contributed by atoms with Crippen LogP contribution in [0, 0.1) is 0 Å². The van der Waals surface area contributed by atoms with Crippen LogP contribution < -0.4 is 4.74 Å². The smallest absolute Gasteiger partial charge is 0.133 e. The molecule has 0 aromatic heterocycles. The van der Waals surface area contributed by atoms with Gasteiger partial charge in [0.05, 0.1) is 11.6 Å². The van der Waals surface area contributed by atoms with E-state index in [0.29, 0.717) is 5.92 Å². The van der Waals surface area contributed by atoms with E-state index >= 15 is 0 Å². The summed E-state index contributed by atoms with van der Waals surface area (Å²) in [5, 5.41) is 8.88. The highest BCUT2D eigenvalue weighted by atomic mass is 79.9. The van der Waals surface area contributed by atoms with Crippen LogP contribution in [-0.4, -0.2) is 18.8 Å². The fourth-order valence-corrected chi connectivity index (χ4v) is 2.20. The van der Waals surface area contributed by atoms with Crippen molar-refractivity contribution in [3.05, 3.63) is 27.7 Å². The van der Waals surface area contributed by atoms with Gasteiger partial charge in [0.1, 0.15) is 5.75 Å². The number of ether oxygens (including phenoxy) is 1. The number of rotatable bonds is 5. The summed E-state index contributed by atoms with van der Waals surface area (Å²) < 4.78 is 6.35. The van der Waals surface area contributed by atoms with Gasteiger partial charge in [-0.15, -0.1) is 0 Å². The highest BCUT2D eigenvalue weighted by Crippen LogP contribution is 2.33. The lowest BCUT2D eigenvalue weighted by Gasteiger charge is -2.14. The molecule has 0 fully saturated rings. The number of aryl methyl sites for hydroxylation is 1. The van der Waals surface area contributed by atoms with Crippen molar-refractivity contribution in [2.45, 2.75) is 32.6 Å². The lowest BCUT2D eigenvalue weighted by atomic mass is 9.98. The first-order valence-corrected chi connectivity index (χ1v) is 6.36. The maximum Gasteiger partial charge on any atom is 0.133 e. The van der Waals surface area contributed by atoms with Gasteiger partial charge in [-0.2, -0.15) is 0 Å². The van der Waals surface area contributed by atoms with Crippen LogP contribution in [0.3, 0.4) is 0 Å². The molecular weight excluding hydrogens is 268 g/mol. The minimum Gasteiger partial charge on any atom is -0.496 e. The predicted octanol–water partition coefficient (Wildman–Crippen LogP) is 3.51. The molecule has 2 nitrogen and oxygen atoms in total. The van der Waals surface area contributed by atoms with Crippen LogP contribution in [0.15, 0.2) is 16.6 Å². The molecule has 0 unspecified atom stereocenters. The number of aliphatic hydroxyl groups excluding tert-OH is 1. The molecule has 90 valence electrons. The van der Waals surface area contributed by atoms with E-state index in [2.05, 4.69) is 41.9 Å². The minimum atomic E-state index is 0.223. The Kier molecular flexibility index (Phi) is 5.29. The average Bonchev–Trinajstić information content (AvgIpc) is 2.27. The molecule has 0 aliphatic rings. The summed E-state index contributed by atoms with van der Waals surface area (Å²) in [6, 6.07) is 4.25. The number of halogens is 1. The van der Waals surface area contributed by atoms with Crippen molar-refractivity contribution >= 4 is 15.9 Å². The van der Waals surface area contributed by atoms with Crippen molar-refractivity contribution in [3.8, 4) is 5.75 Å². The molecule has 0 amide bonds. The van der Waals surface area contributed by atoms with E-state index in [-0.39, 0.29) is 6.61 Å². The fraction of sp³-hybridized carbons (Fsp3) is 0.538. The van der Waals surface area contributed by atoms with Gasteiger partial charge < -0.3 is 9.84 Å². The zero-order valence-corrected chi connectivity index (χ0v) is 11.7. The van der Waals surface area contributed by atoms with Crippen LogP contribution in [0.4, 0.5) is 0 Å². The van der Waals surface area contributed by atoms with Gasteiger partial charge in [0.2, 0.25) is 0 Å². The molecule has 0 bridgehead atoms. The van der Waals surface area contributed by atoms with E-state index in [1.54, 1.807) is 7.11 Å². The standard InChI is InChI=1S/C13H19BrO2/c1-9(2)11-7-10(5-4-6-15)13(14)12(8-11)16-3/h7-9,15H,4-6H2,1-3H3. The second-order valence-electron chi connectivity index (χ2n) is 4.18. The zero-order chi connectivity index (χ0) is 12.1. The normalized spacial score (nSPS) is 10.9. The van der Waals surface area contributed by atoms with E-state index in [4.69, 9.17) is 9.84 Å². The highest BCUT2D eigenvalue weighted by Gasteiger charge is 2.10. The van der Waals surface area contributed by atoms with Crippen LogP contribution in [0.5, 0.6) is 5.75 Å². The van der Waals surface area contributed by atoms with E-state index < -0.39 is 0 Å². The van der Waals surface area contributed by atoms with Gasteiger partial charge in [-0.25, -0.2) is 0 Å². The molecule has 0 spiro atoms. The van der Waals surface area contributed by atoms with Gasteiger partial charge in [0.25, 0.3) is 0 Å². The summed E-state index contributed by atoms with van der Waals surface area (Å²) in [5.74, 6) is 1.36. The molecule has 1 N–H and O–H groups in total. The van der Waals surface area contributed by atoms with Crippen molar-refractivity contribution in [1.82, 2.24) is 0 Å². The summed E-state index contributed by atoms with van der Waals surface area (Å²) in [6.07, 6.45) is 1.65. The summed E-state index contributed by atoms with van der Waals surface area (Å²) in [5.41, 5.74) is 2.48. The Morgan fingerprint density at radius 2 is 2.06 bits per heavy atom. The molecule has 3 heteroatoms. The van der Waals surface area contributed by atoms with Crippen LogP contribution in [0.1, 0.15) is 37.3 Å². The number of benzene rings is 1. The van der Waals surface area contributed by atoms with Gasteiger partial charge in [0.15, 0.2) is 0 Å². The second-order valence-corrected chi connectivity index (χ2v) is 4.97. The Balaban J connectivity index is 3.08. The van der Waals surface area contributed by atoms with Crippen molar-refractivity contribution in [2.75, 3.05) is 13.7 Å². The third kappa shape index (κ3) is 3.22. The van der Waals surface area contributed by atoms with Crippen LogP contribution in [0.2, 0.25) is 0 Å². The molecule has 1 aromatic carbocycles. The molecule has 0 heterocycles. The zero-order valence-electron chi connectivity index (χ0n) is 10.1. The quantitative estimate of drug-likeness (QED) is 0.898. The van der Waals surface area contributed by atoms with Crippen molar-refractivity contribution in [1.29, 1.82) is 0 Å². The number of hydrogen-bond donors (Lipinski definition) is 1. The van der Waals surface area contributed by atoms with Crippen LogP contribution in [0.25, 0.3) is 0 Å². The lowest BCUT2D eigenvalue weighted by molar-refractivity contribution is 0.288. The van der Waals surface area contributed by atoms with Gasteiger partial charge in [-0.05, 0) is 51.9 Å².